The highest BCUT2D eigenvalue weighted by atomic mass is 16.5. The van der Waals surface area contributed by atoms with E-state index in [9.17, 15) is 0 Å². The maximum Gasteiger partial charge on any atom is 0.221 e. The molecule has 0 unspecified atom stereocenters. The summed E-state index contributed by atoms with van der Waals surface area (Å²) in [6, 6.07) is 0. The molecule has 0 saturated carbocycles. The second-order valence-corrected chi connectivity index (χ2v) is 4.84. The van der Waals surface area contributed by atoms with Crippen LogP contribution in [0.5, 0.6) is 5.88 Å². The molecule has 5 heteroatoms. The van der Waals surface area contributed by atoms with Crippen molar-refractivity contribution in [3.05, 3.63) is 11.4 Å². The summed E-state index contributed by atoms with van der Waals surface area (Å²) in [7, 11) is 0. The van der Waals surface area contributed by atoms with Crippen molar-refractivity contribution in [1.82, 2.24) is 14.9 Å². The summed E-state index contributed by atoms with van der Waals surface area (Å²) < 4.78 is 5.73. The van der Waals surface area contributed by atoms with Gasteiger partial charge in [-0.3, -0.25) is 4.90 Å². The number of likely N-dealkylation sites (tertiary alicyclic amines) is 1. The molecule has 2 N–H and O–H groups in total. The monoisotopic (exact) mass is 250 g/mol. The van der Waals surface area contributed by atoms with Crippen LogP contribution >= 0.6 is 0 Å². The lowest BCUT2D eigenvalue weighted by Gasteiger charge is -2.26. The fourth-order valence-corrected chi connectivity index (χ4v) is 2.22. The summed E-state index contributed by atoms with van der Waals surface area (Å²) in [5, 5.41) is 0. The van der Waals surface area contributed by atoms with E-state index in [0.717, 1.165) is 12.1 Å². The molecule has 18 heavy (non-hydrogen) atoms. The number of aryl methyl sites for hydroxylation is 1. The second kappa shape index (κ2) is 6.00. The molecule has 100 valence electrons. The molecule has 0 aliphatic carbocycles. The number of nitrogen functional groups attached to an aromatic ring is 1. The van der Waals surface area contributed by atoms with Crippen LogP contribution in [0.1, 0.15) is 30.7 Å². The number of hydrogen-bond donors (Lipinski definition) is 1. The Morgan fingerprint density at radius 3 is 2.61 bits per heavy atom. The SMILES string of the molecule is Cc1nc(N)c(C)c(OCCN2CCCCC2)n1. The zero-order valence-electron chi connectivity index (χ0n) is 11.3. The summed E-state index contributed by atoms with van der Waals surface area (Å²) in [6.07, 6.45) is 3.97. The number of hydrogen-bond acceptors (Lipinski definition) is 5. The normalized spacial score (nSPS) is 16.8. The van der Waals surface area contributed by atoms with Gasteiger partial charge in [-0.05, 0) is 39.8 Å². The average Bonchev–Trinajstić information content (AvgIpc) is 2.36. The summed E-state index contributed by atoms with van der Waals surface area (Å²) in [5.41, 5.74) is 6.63. The van der Waals surface area contributed by atoms with Crippen LogP contribution in [0.25, 0.3) is 0 Å². The Labute approximate surface area is 108 Å². The lowest BCUT2D eigenvalue weighted by molar-refractivity contribution is 0.180. The first kappa shape index (κ1) is 13.1. The molecule has 1 aliphatic heterocycles. The van der Waals surface area contributed by atoms with Crippen LogP contribution in [0.3, 0.4) is 0 Å². The van der Waals surface area contributed by atoms with E-state index in [1.807, 2.05) is 13.8 Å². The lowest BCUT2D eigenvalue weighted by atomic mass is 10.1. The first-order valence-electron chi connectivity index (χ1n) is 6.62. The Hall–Kier alpha value is -1.36. The predicted molar refractivity (Wildman–Crippen MR) is 71.7 cm³/mol. The number of nitrogens with two attached hydrogens (primary N) is 1. The molecule has 0 radical (unpaired) electrons. The highest BCUT2D eigenvalue weighted by molar-refractivity contribution is 5.44. The average molecular weight is 250 g/mol. The van der Waals surface area contributed by atoms with E-state index in [0.29, 0.717) is 24.1 Å². The van der Waals surface area contributed by atoms with Crippen molar-refractivity contribution < 1.29 is 4.74 Å². The number of rotatable bonds is 4. The number of nitrogens with zero attached hydrogens (tertiary/aromatic N) is 3. The molecule has 0 aromatic carbocycles. The molecule has 0 spiro atoms. The molecule has 1 saturated heterocycles. The van der Waals surface area contributed by atoms with E-state index in [4.69, 9.17) is 10.5 Å². The third-order valence-electron chi connectivity index (χ3n) is 3.35. The van der Waals surface area contributed by atoms with Crippen LogP contribution in [-0.4, -0.2) is 41.1 Å². The number of piperidine rings is 1. The minimum atomic E-state index is 0.510. The van der Waals surface area contributed by atoms with Gasteiger partial charge in [0.1, 0.15) is 18.2 Å². The topological polar surface area (TPSA) is 64.3 Å². The molecule has 2 rings (SSSR count). The van der Waals surface area contributed by atoms with Crippen LogP contribution in [-0.2, 0) is 0 Å². The van der Waals surface area contributed by atoms with Gasteiger partial charge >= 0.3 is 0 Å². The minimum absolute atomic E-state index is 0.510. The zero-order valence-corrected chi connectivity index (χ0v) is 11.3. The van der Waals surface area contributed by atoms with Gasteiger partial charge in [0.2, 0.25) is 5.88 Å². The quantitative estimate of drug-likeness (QED) is 0.878. The van der Waals surface area contributed by atoms with E-state index in [2.05, 4.69) is 14.9 Å². The minimum Gasteiger partial charge on any atom is -0.476 e. The zero-order chi connectivity index (χ0) is 13.0. The van der Waals surface area contributed by atoms with E-state index >= 15 is 0 Å². The van der Waals surface area contributed by atoms with Crippen molar-refractivity contribution in [3.8, 4) is 5.88 Å². The number of aromatic nitrogens is 2. The largest absolute Gasteiger partial charge is 0.476 e. The molecule has 1 aliphatic rings. The molecule has 1 aromatic rings. The number of ether oxygens (including phenoxy) is 1. The lowest BCUT2D eigenvalue weighted by Crippen LogP contribution is -2.33. The highest BCUT2D eigenvalue weighted by Crippen LogP contribution is 2.19. The molecule has 0 atom stereocenters. The van der Waals surface area contributed by atoms with Crippen LogP contribution < -0.4 is 10.5 Å². The van der Waals surface area contributed by atoms with E-state index in [-0.39, 0.29) is 0 Å². The third kappa shape index (κ3) is 3.32. The van der Waals surface area contributed by atoms with Crippen molar-refractivity contribution in [2.24, 2.45) is 0 Å². The molecule has 2 heterocycles. The molecular formula is C13H22N4O. The van der Waals surface area contributed by atoms with Gasteiger partial charge in [-0.25, -0.2) is 4.98 Å². The van der Waals surface area contributed by atoms with Gasteiger partial charge in [-0.15, -0.1) is 0 Å². The van der Waals surface area contributed by atoms with Crippen molar-refractivity contribution in [2.75, 3.05) is 32.0 Å². The maximum absolute atomic E-state index is 5.79. The smallest absolute Gasteiger partial charge is 0.221 e. The molecule has 0 bridgehead atoms. The maximum atomic E-state index is 5.79. The van der Waals surface area contributed by atoms with Crippen molar-refractivity contribution >= 4 is 5.82 Å². The van der Waals surface area contributed by atoms with E-state index in [1.165, 1.54) is 32.4 Å². The highest BCUT2D eigenvalue weighted by Gasteiger charge is 2.11. The molecule has 1 fully saturated rings. The predicted octanol–water partition coefficient (Wildman–Crippen LogP) is 1.54. The fourth-order valence-electron chi connectivity index (χ4n) is 2.22. The van der Waals surface area contributed by atoms with Crippen molar-refractivity contribution in [3.63, 3.8) is 0 Å². The van der Waals surface area contributed by atoms with Crippen LogP contribution in [0, 0.1) is 13.8 Å². The Bertz CT molecular complexity index is 402. The fraction of sp³-hybridized carbons (Fsp3) is 0.692. The number of anilines is 1. The van der Waals surface area contributed by atoms with Gasteiger partial charge in [0.05, 0.1) is 5.56 Å². The summed E-state index contributed by atoms with van der Waals surface area (Å²) in [6.45, 7) is 7.72. The summed E-state index contributed by atoms with van der Waals surface area (Å²) in [5.74, 6) is 1.79. The molecule has 1 aromatic heterocycles. The first-order valence-corrected chi connectivity index (χ1v) is 6.62. The summed E-state index contributed by atoms with van der Waals surface area (Å²) in [4.78, 5) is 10.8. The van der Waals surface area contributed by atoms with Crippen LogP contribution in [0.15, 0.2) is 0 Å². The van der Waals surface area contributed by atoms with Gasteiger partial charge in [0.15, 0.2) is 0 Å². The van der Waals surface area contributed by atoms with E-state index < -0.39 is 0 Å². The van der Waals surface area contributed by atoms with Crippen molar-refractivity contribution in [1.29, 1.82) is 0 Å². The van der Waals surface area contributed by atoms with Gasteiger partial charge < -0.3 is 10.5 Å². The van der Waals surface area contributed by atoms with Crippen molar-refractivity contribution in [2.45, 2.75) is 33.1 Å². The Balaban J connectivity index is 1.86. The molecular weight excluding hydrogens is 228 g/mol. The Morgan fingerprint density at radius 1 is 1.17 bits per heavy atom. The second-order valence-electron chi connectivity index (χ2n) is 4.84. The van der Waals surface area contributed by atoms with Crippen LogP contribution in [0.2, 0.25) is 0 Å². The standard InChI is InChI=1S/C13H22N4O/c1-10-12(14)15-11(2)16-13(10)18-9-8-17-6-4-3-5-7-17/h3-9H2,1-2H3,(H2,14,15,16). The van der Waals surface area contributed by atoms with Crippen LogP contribution in [0.4, 0.5) is 5.82 Å². The van der Waals surface area contributed by atoms with Gasteiger partial charge in [0, 0.05) is 6.54 Å². The Morgan fingerprint density at radius 2 is 1.89 bits per heavy atom. The van der Waals surface area contributed by atoms with Gasteiger partial charge in [0.25, 0.3) is 0 Å². The van der Waals surface area contributed by atoms with Gasteiger partial charge in [-0.1, -0.05) is 6.42 Å². The Kier molecular flexibility index (Phi) is 4.36. The molecule has 0 amide bonds. The summed E-state index contributed by atoms with van der Waals surface area (Å²) >= 11 is 0. The molecule has 5 nitrogen and oxygen atoms in total. The first-order chi connectivity index (χ1) is 8.66. The third-order valence-corrected chi connectivity index (χ3v) is 3.35. The van der Waals surface area contributed by atoms with E-state index in [1.54, 1.807) is 0 Å². The van der Waals surface area contributed by atoms with Gasteiger partial charge in [-0.2, -0.15) is 4.98 Å².